The monoisotopic (exact) mass is 423 g/mol. The maximum Gasteiger partial charge on any atom is 0.269 e. The van der Waals surface area contributed by atoms with Gasteiger partial charge in [0.15, 0.2) is 0 Å². The molecule has 0 spiro atoms. The van der Waals surface area contributed by atoms with Gasteiger partial charge in [-0.1, -0.05) is 23.4 Å². The third-order valence-corrected chi connectivity index (χ3v) is 5.84. The highest BCUT2D eigenvalue weighted by molar-refractivity contribution is 6.05. The number of hydrogen-bond acceptors (Lipinski definition) is 6. The second kappa shape index (κ2) is 8.98. The van der Waals surface area contributed by atoms with E-state index in [-0.39, 0.29) is 5.91 Å². The molecule has 2 aromatic rings. The van der Waals surface area contributed by atoms with E-state index >= 15 is 0 Å². The summed E-state index contributed by atoms with van der Waals surface area (Å²) in [5.41, 5.74) is 2.94. The summed E-state index contributed by atoms with van der Waals surface area (Å²) in [6, 6.07) is 15.8. The van der Waals surface area contributed by atoms with E-state index in [1.807, 2.05) is 43.4 Å². The molecule has 164 valence electrons. The molecule has 2 aliphatic rings. The Hall–Kier alpha value is -3.06. The minimum atomic E-state index is -1.02. The first kappa shape index (κ1) is 21.2. The molecule has 0 saturated carbocycles. The molecule has 2 heterocycles. The number of ether oxygens (including phenoxy) is 2. The average Bonchev–Trinajstić information content (AvgIpc) is 3.22. The Bertz CT molecular complexity index is 954. The summed E-state index contributed by atoms with van der Waals surface area (Å²) in [5, 5.41) is 4.22. The zero-order chi connectivity index (χ0) is 21.8. The average molecular weight is 424 g/mol. The number of oxime groups is 1. The normalized spacial score (nSPS) is 20.7. The summed E-state index contributed by atoms with van der Waals surface area (Å²) >= 11 is 0. The SMILES string of the molecule is COc1ccc(C2=NOC(C)(C(=O)N(C)Cc3ccccc3N3CCOCC3)C2)cc1. The van der Waals surface area contributed by atoms with Gasteiger partial charge < -0.3 is 24.1 Å². The number of anilines is 1. The second-order valence-electron chi connectivity index (χ2n) is 8.15. The van der Waals surface area contributed by atoms with Crippen LogP contribution < -0.4 is 9.64 Å². The van der Waals surface area contributed by atoms with Gasteiger partial charge in [0.05, 0.1) is 26.0 Å². The molecule has 0 aromatic heterocycles. The Labute approximate surface area is 183 Å². The van der Waals surface area contributed by atoms with E-state index in [9.17, 15) is 4.79 Å². The molecule has 0 aliphatic carbocycles. The molecule has 1 unspecified atom stereocenters. The smallest absolute Gasteiger partial charge is 0.269 e. The molecule has 1 fully saturated rings. The molecule has 0 radical (unpaired) electrons. The van der Waals surface area contributed by atoms with Crippen molar-refractivity contribution >= 4 is 17.3 Å². The number of rotatable bonds is 6. The minimum absolute atomic E-state index is 0.0865. The van der Waals surface area contributed by atoms with E-state index in [1.165, 1.54) is 0 Å². The van der Waals surface area contributed by atoms with Gasteiger partial charge in [0.25, 0.3) is 5.91 Å². The van der Waals surface area contributed by atoms with Crippen LogP contribution in [-0.2, 0) is 20.9 Å². The zero-order valence-electron chi connectivity index (χ0n) is 18.3. The number of para-hydroxylation sites is 1. The Morgan fingerprint density at radius 2 is 1.87 bits per heavy atom. The lowest BCUT2D eigenvalue weighted by molar-refractivity contribution is -0.152. The third kappa shape index (κ3) is 4.51. The van der Waals surface area contributed by atoms with Gasteiger partial charge in [0.2, 0.25) is 5.60 Å². The third-order valence-electron chi connectivity index (χ3n) is 5.84. The van der Waals surface area contributed by atoms with E-state index in [0.717, 1.165) is 54.6 Å². The number of hydrogen-bond donors (Lipinski definition) is 0. The largest absolute Gasteiger partial charge is 0.497 e. The number of nitrogens with zero attached hydrogens (tertiary/aromatic N) is 3. The van der Waals surface area contributed by atoms with Crippen molar-refractivity contribution in [3.05, 3.63) is 59.7 Å². The van der Waals surface area contributed by atoms with E-state index in [0.29, 0.717) is 13.0 Å². The lowest BCUT2D eigenvalue weighted by atomic mass is 9.94. The zero-order valence-corrected chi connectivity index (χ0v) is 18.3. The van der Waals surface area contributed by atoms with Crippen LogP contribution >= 0.6 is 0 Å². The molecule has 2 aliphatic heterocycles. The topological polar surface area (TPSA) is 63.6 Å². The first-order chi connectivity index (χ1) is 15.0. The lowest BCUT2D eigenvalue weighted by Gasteiger charge is -2.32. The molecular formula is C24H29N3O4. The van der Waals surface area contributed by atoms with Crippen molar-refractivity contribution in [3.63, 3.8) is 0 Å². The second-order valence-corrected chi connectivity index (χ2v) is 8.15. The summed E-state index contributed by atoms with van der Waals surface area (Å²) in [6.07, 6.45) is 0.424. The predicted molar refractivity (Wildman–Crippen MR) is 120 cm³/mol. The van der Waals surface area contributed by atoms with Crippen LogP contribution in [0.5, 0.6) is 5.75 Å². The Balaban J connectivity index is 1.44. The van der Waals surface area contributed by atoms with Gasteiger partial charge in [-0.3, -0.25) is 4.79 Å². The molecule has 1 amide bonds. The number of morpholine rings is 1. The number of methoxy groups -OCH3 is 1. The van der Waals surface area contributed by atoms with Gasteiger partial charge in [0.1, 0.15) is 5.75 Å². The molecule has 1 atom stereocenters. The standard InChI is InChI=1S/C24H29N3O4/c1-24(16-21(25-31-24)18-8-10-20(29-3)11-9-18)23(28)26(2)17-19-6-4-5-7-22(19)27-12-14-30-15-13-27/h4-11H,12-17H2,1-3H3. The van der Waals surface area contributed by atoms with Crippen LogP contribution in [0.15, 0.2) is 53.7 Å². The quantitative estimate of drug-likeness (QED) is 0.715. The minimum Gasteiger partial charge on any atom is -0.497 e. The maximum absolute atomic E-state index is 13.3. The van der Waals surface area contributed by atoms with Crippen LogP contribution in [0.2, 0.25) is 0 Å². The number of benzene rings is 2. The van der Waals surface area contributed by atoms with Crippen molar-refractivity contribution in [3.8, 4) is 5.75 Å². The highest BCUT2D eigenvalue weighted by atomic mass is 16.7. The van der Waals surface area contributed by atoms with E-state index in [1.54, 1.807) is 18.9 Å². The Morgan fingerprint density at radius 3 is 2.58 bits per heavy atom. The molecule has 0 bridgehead atoms. The van der Waals surface area contributed by atoms with Gasteiger partial charge in [-0.2, -0.15) is 0 Å². The van der Waals surface area contributed by atoms with Gasteiger partial charge >= 0.3 is 0 Å². The van der Waals surface area contributed by atoms with Gasteiger partial charge in [-0.15, -0.1) is 0 Å². The van der Waals surface area contributed by atoms with Gasteiger partial charge in [-0.25, -0.2) is 0 Å². The van der Waals surface area contributed by atoms with Crippen LogP contribution in [0.4, 0.5) is 5.69 Å². The summed E-state index contributed by atoms with van der Waals surface area (Å²) in [4.78, 5) is 23.0. The van der Waals surface area contributed by atoms with Crippen LogP contribution in [0, 0.1) is 0 Å². The van der Waals surface area contributed by atoms with Gasteiger partial charge in [0, 0.05) is 38.8 Å². The molecule has 2 aromatic carbocycles. The molecule has 4 rings (SSSR count). The molecule has 31 heavy (non-hydrogen) atoms. The lowest BCUT2D eigenvalue weighted by Crippen LogP contribution is -2.45. The van der Waals surface area contributed by atoms with Crippen molar-refractivity contribution in [2.75, 3.05) is 45.4 Å². The van der Waals surface area contributed by atoms with Crippen molar-refractivity contribution in [1.82, 2.24) is 4.90 Å². The molecule has 1 saturated heterocycles. The fourth-order valence-corrected chi connectivity index (χ4v) is 4.08. The Morgan fingerprint density at radius 1 is 1.16 bits per heavy atom. The van der Waals surface area contributed by atoms with Crippen molar-refractivity contribution in [1.29, 1.82) is 0 Å². The Kier molecular flexibility index (Phi) is 6.13. The fraction of sp³-hybridized carbons (Fsp3) is 0.417. The van der Waals surface area contributed by atoms with Crippen molar-refractivity contribution in [2.24, 2.45) is 5.16 Å². The molecule has 7 nitrogen and oxygen atoms in total. The van der Waals surface area contributed by atoms with Crippen LogP contribution in [-0.4, -0.2) is 62.6 Å². The summed E-state index contributed by atoms with van der Waals surface area (Å²) in [6.45, 7) is 5.47. The van der Waals surface area contributed by atoms with Crippen molar-refractivity contribution < 1.29 is 19.1 Å². The summed E-state index contributed by atoms with van der Waals surface area (Å²) in [7, 11) is 3.45. The number of carbonyl (C=O) groups excluding carboxylic acids is 1. The highest BCUT2D eigenvalue weighted by Gasteiger charge is 2.44. The number of carbonyl (C=O) groups is 1. The van der Waals surface area contributed by atoms with E-state index in [4.69, 9.17) is 14.3 Å². The summed E-state index contributed by atoms with van der Waals surface area (Å²) < 4.78 is 10.7. The molecular weight excluding hydrogens is 394 g/mol. The maximum atomic E-state index is 13.3. The van der Waals surface area contributed by atoms with Gasteiger partial charge in [-0.05, 0) is 48.4 Å². The van der Waals surface area contributed by atoms with Crippen LogP contribution in [0.3, 0.4) is 0 Å². The van der Waals surface area contributed by atoms with Crippen LogP contribution in [0.25, 0.3) is 0 Å². The number of likely N-dealkylation sites (N-methyl/N-ethyl adjacent to an activating group) is 1. The molecule has 7 heteroatoms. The first-order valence-electron chi connectivity index (χ1n) is 10.6. The number of amides is 1. The molecule has 0 N–H and O–H groups in total. The van der Waals surface area contributed by atoms with E-state index in [2.05, 4.69) is 22.2 Å². The highest BCUT2D eigenvalue weighted by Crippen LogP contribution is 2.30. The predicted octanol–water partition coefficient (Wildman–Crippen LogP) is 3.07. The first-order valence-corrected chi connectivity index (χ1v) is 10.6. The fourth-order valence-electron chi connectivity index (χ4n) is 4.08. The van der Waals surface area contributed by atoms with E-state index < -0.39 is 5.60 Å². The van der Waals surface area contributed by atoms with Crippen molar-refractivity contribution in [2.45, 2.75) is 25.5 Å². The summed E-state index contributed by atoms with van der Waals surface area (Å²) in [5.74, 6) is 0.692. The van der Waals surface area contributed by atoms with Crippen LogP contribution in [0.1, 0.15) is 24.5 Å².